The summed E-state index contributed by atoms with van der Waals surface area (Å²) in [4.78, 5) is 24.0. The highest BCUT2D eigenvalue weighted by Gasteiger charge is 2.46. The Labute approximate surface area is 134 Å². The van der Waals surface area contributed by atoms with Gasteiger partial charge in [0.1, 0.15) is 12.7 Å². The van der Waals surface area contributed by atoms with E-state index in [1.54, 1.807) is 17.2 Å². The van der Waals surface area contributed by atoms with E-state index in [0.717, 1.165) is 12.0 Å². The molecule has 0 unspecified atom stereocenters. The van der Waals surface area contributed by atoms with E-state index in [1.165, 1.54) is 11.3 Å². The second-order valence-corrected chi connectivity index (χ2v) is 5.16. The molecule has 0 aliphatic carbocycles. The predicted octanol–water partition coefficient (Wildman–Crippen LogP) is 1.06. The van der Waals surface area contributed by atoms with Gasteiger partial charge in [-0.2, -0.15) is 5.06 Å². The summed E-state index contributed by atoms with van der Waals surface area (Å²) in [6.07, 6.45) is 8.05. The van der Waals surface area contributed by atoms with Crippen LogP contribution >= 0.6 is 0 Å². The molecule has 0 radical (unpaired) electrons. The van der Waals surface area contributed by atoms with E-state index in [4.69, 9.17) is 19.3 Å². The molecule has 2 atom stereocenters. The predicted molar refractivity (Wildman–Crippen MR) is 84.0 cm³/mol. The fraction of sp³-hybridized carbons (Fsp3) is 0.357. The summed E-state index contributed by atoms with van der Waals surface area (Å²) in [5.74, 6) is 0.484. The second kappa shape index (κ2) is 6.70. The number of aromatic nitrogens is 1. The number of fused-ring (bicyclic) bond motifs is 2. The Morgan fingerprint density at radius 3 is 3.17 bits per heavy atom. The van der Waals surface area contributed by atoms with Gasteiger partial charge in [0.15, 0.2) is 0 Å². The second-order valence-electron chi connectivity index (χ2n) is 5.16. The van der Waals surface area contributed by atoms with Crippen LogP contribution in [0.4, 0.5) is 4.79 Å². The molecule has 3 rings (SSSR count). The number of nitrogens with zero attached hydrogens (tertiary/aromatic N) is 3. The molecule has 0 aromatic carbocycles. The minimum absolute atomic E-state index is 0.191. The molecular formula is C14H17BN4O4. The third-order valence-corrected chi connectivity index (χ3v) is 3.83. The SMILES string of the molecule is C=CCON1C(=O)N2C[C@H]1C=C(c1ncco1)[C@H]2CBOC=N. The maximum Gasteiger partial charge on any atom is 0.345 e. The average molecular weight is 316 g/mol. The molecule has 2 aliphatic heterocycles. The van der Waals surface area contributed by atoms with Gasteiger partial charge < -0.3 is 14.0 Å². The first-order valence-electron chi connectivity index (χ1n) is 7.32. The van der Waals surface area contributed by atoms with Gasteiger partial charge >= 0.3 is 13.5 Å². The van der Waals surface area contributed by atoms with Crippen molar-refractivity contribution < 1.29 is 18.7 Å². The number of nitrogens with one attached hydrogen (secondary N) is 1. The molecule has 1 fully saturated rings. The van der Waals surface area contributed by atoms with E-state index < -0.39 is 0 Å². The lowest BCUT2D eigenvalue weighted by Crippen LogP contribution is -2.41. The van der Waals surface area contributed by atoms with E-state index >= 15 is 0 Å². The lowest BCUT2D eigenvalue weighted by Gasteiger charge is -2.30. The molecule has 9 heteroatoms. The van der Waals surface area contributed by atoms with Crippen LogP contribution in [-0.2, 0) is 9.49 Å². The van der Waals surface area contributed by atoms with Crippen LogP contribution in [0, 0.1) is 5.41 Å². The van der Waals surface area contributed by atoms with Gasteiger partial charge in [-0.1, -0.05) is 6.08 Å². The number of rotatable bonds is 8. The monoisotopic (exact) mass is 316 g/mol. The number of hydrogen-bond donors (Lipinski definition) is 1. The first kappa shape index (κ1) is 15.4. The smallest absolute Gasteiger partial charge is 0.345 e. The molecule has 8 nitrogen and oxygen atoms in total. The van der Waals surface area contributed by atoms with Crippen molar-refractivity contribution in [1.82, 2.24) is 14.9 Å². The number of urea groups is 1. The van der Waals surface area contributed by atoms with Crippen LogP contribution in [0.5, 0.6) is 0 Å². The van der Waals surface area contributed by atoms with E-state index in [9.17, 15) is 4.79 Å². The van der Waals surface area contributed by atoms with Crippen molar-refractivity contribution in [2.75, 3.05) is 13.2 Å². The zero-order chi connectivity index (χ0) is 16.2. The van der Waals surface area contributed by atoms with Crippen LogP contribution < -0.4 is 0 Å². The van der Waals surface area contributed by atoms with Crippen LogP contribution in [0.2, 0.25) is 6.32 Å². The summed E-state index contributed by atoms with van der Waals surface area (Å²) in [6.45, 7) is 4.40. The zero-order valence-electron chi connectivity index (χ0n) is 12.6. The van der Waals surface area contributed by atoms with Gasteiger partial charge in [-0.25, -0.2) is 9.78 Å². The third-order valence-electron chi connectivity index (χ3n) is 3.83. The zero-order valence-corrected chi connectivity index (χ0v) is 12.6. The Kier molecular flexibility index (Phi) is 4.47. The van der Waals surface area contributed by atoms with Crippen LogP contribution in [0.25, 0.3) is 5.57 Å². The standard InChI is InChI=1S/C14H17BN4O4/c1-2-4-23-19-10-6-11(13-17-3-5-21-13)12(7-15-22-9-16)18(8-10)14(19)20/h2-3,5-6,9-10,12,15-16H,1,4,7-8H2/t10-,12-/m1/s1. The number of hydrogen-bond acceptors (Lipinski definition) is 6. The summed E-state index contributed by atoms with van der Waals surface area (Å²) in [5.41, 5.74) is 0.831. The van der Waals surface area contributed by atoms with Gasteiger partial charge in [0.05, 0.1) is 24.9 Å². The number of carbonyl (C=O) groups excluding carboxylic acids is 1. The molecule has 1 aromatic rings. The lowest BCUT2D eigenvalue weighted by atomic mass is 9.83. The largest absolute Gasteiger partial charge is 0.557 e. The lowest BCUT2D eigenvalue weighted by molar-refractivity contribution is -0.107. The van der Waals surface area contributed by atoms with Crippen molar-refractivity contribution in [3.8, 4) is 0 Å². The highest BCUT2D eigenvalue weighted by molar-refractivity contribution is 6.30. The number of hydroxylamine groups is 2. The minimum Gasteiger partial charge on any atom is -0.557 e. The van der Waals surface area contributed by atoms with Crippen LogP contribution in [0.3, 0.4) is 0 Å². The maximum atomic E-state index is 12.6. The quantitative estimate of drug-likeness (QED) is 0.254. The number of amides is 2. The Morgan fingerprint density at radius 2 is 2.48 bits per heavy atom. The first-order valence-corrected chi connectivity index (χ1v) is 7.32. The topological polar surface area (TPSA) is 91.9 Å². The molecule has 1 N–H and O–H groups in total. The molecule has 1 aromatic heterocycles. The fourth-order valence-electron chi connectivity index (χ4n) is 2.90. The van der Waals surface area contributed by atoms with Gasteiger partial charge in [0.2, 0.25) is 5.89 Å². The molecule has 23 heavy (non-hydrogen) atoms. The molecular weight excluding hydrogens is 299 g/mol. The maximum absolute atomic E-state index is 12.6. The fourth-order valence-corrected chi connectivity index (χ4v) is 2.90. The van der Waals surface area contributed by atoms with E-state index in [1.807, 2.05) is 6.08 Å². The van der Waals surface area contributed by atoms with Gasteiger partial charge in [0, 0.05) is 12.1 Å². The molecule has 120 valence electrons. The van der Waals surface area contributed by atoms with Crippen molar-refractivity contribution in [3.63, 3.8) is 0 Å². The summed E-state index contributed by atoms with van der Waals surface area (Å²) < 4.78 is 10.4. The Hall–Kier alpha value is -2.55. The van der Waals surface area contributed by atoms with Crippen LogP contribution in [0.1, 0.15) is 5.89 Å². The Morgan fingerprint density at radius 1 is 1.61 bits per heavy atom. The van der Waals surface area contributed by atoms with Gasteiger partial charge in [-0.3, -0.25) is 10.2 Å². The van der Waals surface area contributed by atoms with E-state index in [2.05, 4.69) is 11.6 Å². The van der Waals surface area contributed by atoms with Crippen molar-refractivity contribution in [2.45, 2.75) is 18.4 Å². The summed E-state index contributed by atoms with van der Waals surface area (Å²) in [7, 11) is 0.328. The van der Waals surface area contributed by atoms with Crippen LogP contribution in [-0.4, -0.2) is 60.1 Å². The third kappa shape index (κ3) is 2.87. The highest BCUT2D eigenvalue weighted by Crippen LogP contribution is 2.35. The molecule has 0 saturated carbocycles. The molecule has 3 heterocycles. The van der Waals surface area contributed by atoms with Gasteiger partial charge in [-0.05, 0) is 12.4 Å². The molecule has 2 amide bonds. The Bertz CT molecular complexity index is 618. The highest BCUT2D eigenvalue weighted by atomic mass is 16.7. The minimum atomic E-state index is -0.227. The normalized spacial score (nSPS) is 22.8. The van der Waals surface area contributed by atoms with Gasteiger partial charge in [0.25, 0.3) is 0 Å². The molecule has 2 bridgehead atoms. The molecule has 2 aliphatic rings. The van der Waals surface area contributed by atoms with Crippen molar-refractivity contribution >= 4 is 25.5 Å². The molecule has 1 saturated heterocycles. The summed E-state index contributed by atoms with van der Waals surface area (Å²) in [6, 6.07) is -0.617. The van der Waals surface area contributed by atoms with E-state index in [-0.39, 0.29) is 24.7 Å². The Balaban J connectivity index is 1.87. The van der Waals surface area contributed by atoms with Crippen molar-refractivity contribution in [3.05, 3.63) is 37.1 Å². The number of carbonyl (C=O) groups is 1. The van der Waals surface area contributed by atoms with Crippen LogP contribution in [0.15, 0.2) is 35.6 Å². The first-order chi connectivity index (χ1) is 11.3. The number of oxazole rings is 1. The van der Waals surface area contributed by atoms with Crippen molar-refractivity contribution in [2.24, 2.45) is 0 Å². The summed E-state index contributed by atoms with van der Waals surface area (Å²) in [5, 5.41) is 8.31. The van der Waals surface area contributed by atoms with Gasteiger partial charge in [-0.15, -0.1) is 6.58 Å². The molecule has 0 spiro atoms. The van der Waals surface area contributed by atoms with E-state index in [0.29, 0.717) is 26.2 Å². The van der Waals surface area contributed by atoms with Crippen molar-refractivity contribution in [1.29, 1.82) is 5.41 Å². The summed E-state index contributed by atoms with van der Waals surface area (Å²) >= 11 is 0. The average Bonchev–Trinajstić information content (AvgIpc) is 3.17.